The molecule has 0 atom stereocenters. The van der Waals surface area contributed by atoms with E-state index in [4.69, 9.17) is 15.3 Å². The average Bonchev–Trinajstić information content (AvgIpc) is 2.16. The Morgan fingerprint density at radius 2 is 2.08 bits per heavy atom. The molecule has 6 nitrogen and oxygen atoms in total. The van der Waals surface area contributed by atoms with Crippen LogP contribution in [0.15, 0.2) is 6.07 Å². The number of nitrogens with two attached hydrogens (primary N) is 1. The van der Waals surface area contributed by atoms with Gasteiger partial charge in [-0.1, -0.05) is 0 Å². The molecule has 0 aromatic carbocycles. The number of anilines is 1. The number of nitrogens with zero attached hydrogens (tertiary/aromatic N) is 2. The molecule has 0 fully saturated rings. The second kappa shape index (κ2) is 3.72. The number of rotatable bonds is 3. The quantitative estimate of drug-likeness (QED) is 0.482. The van der Waals surface area contributed by atoms with E-state index in [0.717, 1.165) is 0 Å². The smallest absolute Gasteiger partial charge is 0.321 e. The molecule has 1 aromatic heterocycles. The van der Waals surface area contributed by atoms with Gasteiger partial charge in [0, 0.05) is 6.07 Å². The fourth-order valence-corrected chi connectivity index (χ4v) is 0.674. The SMILES string of the molecule is COc1cc(NN)nc(OC)n1. The molecule has 0 saturated carbocycles. The first-order valence-corrected chi connectivity index (χ1v) is 3.24. The summed E-state index contributed by atoms with van der Waals surface area (Å²) in [5.41, 5.74) is 2.37. The summed E-state index contributed by atoms with van der Waals surface area (Å²) in [4.78, 5) is 7.74. The molecule has 0 saturated heterocycles. The molecule has 0 radical (unpaired) electrons. The molecule has 1 heterocycles. The molecule has 3 N–H and O–H groups in total. The summed E-state index contributed by atoms with van der Waals surface area (Å²) in [5.74, 6) is 5.99. The van der Waals surface area contributed by atoms with E-state index >= 15 is 0 Å². The fraction of sp³-hybridized carbons (Fsp3) is 0.333. The molecular weight excluding hydrogens is 160 g/mol. The normalized spacial score (nSPS) is 9.25. The van der Waals surface area contributed by atoms with Crippen LogP contribution in [-0.2, 0) is 0 Å². The zero-order chi connectivity index (χ0) is 8.97. The van der Waals surface area contributed by atoms with Crippen LogP contribution in [0.1, 0.15) is 0 Å². The number of hydrogen-bond acceptors (Lipinski definition) is 6. The molecule has 6 heteroatoms. The number of nitrogens with one attached hydrogen (secondary N) is 1. The lowest BCUT2D eigenvalue weighted by atomic mass is 10.6. The van der Waals surface area contributed by atoms with Crippen molar-refractivity contribution in [2.45, 2.75) is 0 Å². The Bertz CT molecular complexity index is 210. The van der Waals surface area contributed by atoms with E-state index in [2.05, 4.69) is 15.4 Å². The Kier molecular flexibility index (Phi) is 2.65. The Hall–Kier alpha value is -1.56. The first-order valence-electron chi connectivity index (χ1n) is 3.24. The van der Waals surface area contributed by atoms with Gasteiger partial charge in [0.25, 0.3) is 0 Å². The van der Waals surface area contributed by atoms with E-state index in [1.807, 2.05) is 0 Å². The largest absolute Gasteiger partial charge is 0.481 e. The first-order chi connectivity index (χ1) is 5.80. The van der Waals surface area contributed by atoms with Gasteiger partial charge < -0.3 is 14.9 Å². The molecule has 0 amide bonds. The third-order valence-electron chi connectivity index (χ3n) is 1.22. The van der Waals surface area contributed by atoms with Crippen molar-refractivity contribution in [3.63, 3.8) is 0 Å². The van der Waals surface area contributed by atoms with Crippen LogP contribution in [0.4, 0.5) is 5.82 Å². The molecule has 1 aromatic rings. The number of methoxy groups -OCH3 is 2. The molecule has 0 aliphatic rings. The Labute approximate surface area is 69.7 Å². The van der Waals surface area contributed by atoms with Gasteiger partial charge in [-0.2, -0.15) is 9.97 Å². The van der Waals surface area contributed by atoms with Crippen molar-refractivity contribution < 1.29 is 9.47 Å². The van der Waals surface area contributed by atoms with E-state index in [1.54, 1.807) is 6.07 Å². The second-order valence-electron chi connectivity index (χ2n) is 1.93. The van der Waals surface area contributed by atoms with E-state index in [0.29, 0.717) is 11.7 Å². The van der Waals surface area contributed by atoms with Gasteiger partial charge in [0.15, 0.2) is 5.82 Å². The molecule has 0 aliphatic heterocycles. The van der Waals surface area contributed by atoms with E-state index in [9.17, 15) is 0 Å². The molecule has 66 valence electrons. The summed E-state index contributed by atoms with van der Waals surface area (Å²) < 4.78 is 9.67. The number of ether oxygens (including phenoxy) is 2. The van der Waals surface area contributed by atoms with Crippen LogP contribution in [0.3, 0.4) is 0 Å². The third-order valence-corrected chi connectivity index (χ3v) is 1.22. The zero-order valence-corrected chi connectivity index (χ0v) is 6.87. The minimum absolute atomic E-state index is 0.210. The third kappa shape index (κ3) is 1.73. The van der Waals surface area contributed by atoms with Gasteiger partial charge in [0.05, 0.1) is 14.2 Å². The van der Waals surface area contributed by atoms with Gasteiger partial charge in [0.2, 0.25) is 5.88 Å². The van der Waals surface area contributed by atoms with Crippen molar-refractivity contribution >= 4 is 5.82 Å². The maximum atomic E-state index is 5.15. The van der Waals surface area contributed by atoms with Crippen LogP contribution >= 0.6 is 0 Å². The zero-order valence-electron chi connectivity index (χ0n) is 6.87. The van der Waals surface area contributed by atoms with Crippen LogP contribution in [-0.4, -0.2) is 24.2 Å². The Balaban J connectivity index is 3.01. The molecule has 0 aliphatic carbocycles. The lowest BCUT2D eigenvalue weighted by Gasteiger charge is -2.04. The number of nitrogen functional groups attached to an aromatic ring is 1. The minimum Gasteiger partial charge on any atom is -0.481 e. The van der Waals surface area contributed by atoms with Gasteiger partial charge in [-0.15, -0.1) is 0 Å². The average molecular weight is 170 g/mol. The highest BCUT2D eigenvalue weighted by atomic mass is 16.5. The fourth-order valence-electron chi connectivity index (χ4n) is 0.674. The van der Waals surface area contributed by atoms with Crippen LogP contribution in [0.5, 0.6) is 11.9 Å². The molecule has 1 rings (SSSR count). The highest BCUT2D eigenvalue weighted by Gasteiger charge is 2.02. The van der Waals surface area contributed by atoms with Crippen LogP contribution in [0.2, 0.25) is 0 Å². The lowest BCUT2D eigenvalue weighted by Crippen LogP contribution is -2.09. The van der Waals surface area contributed by atoms with Crippen molar-refractivity contribution in [2.75, 3.05) is 19.6 Å². The number of hydrogen-bond donors (Lipinski definition) is 2. The molecular formula is C6H10N4O2. The summed E-state index contributed by atoms with van der Waals surface area (Å²) in [6.07, 6.45) is 0. The Morgan fingerprint density at radius 1 is 1.33 bits per heavy atom. The van der Waals surface area contributed by atoms with Gasteiger partial charge in [-0.25, -0.2) is 5.84 Å². The molecule has 0 spiro atoms. The minimum atomic E-state index is 0.210. The summed E-state index contributed by atoms with van der Waals surface area (Å²) in [7, 11) is 2.97. The predicted octanol–water partition coefficient (Wildman–Crippen LogP) is -0.221. The van der Waals surface area contributed by atoms with Crippen molar-refractivity contribution in [1.82, 2.24) is 9.97 Å². The topological polar surface area (TPSA) is 82.3 Å². The maximum Gasteiger partial charge on any atom is 0.321 e. The lowest BCUT2D eigenvalue weighted by molar-refractivity contribution is 0.353. The van der Waals surface area contributed by atoms with E-state index in [1.165, 1.54) is 14.2 Å². The van der Waals surface area contributed by atoms with Crippen molar-refractivity contribution in [2.24, 2.45) is 5.84 Å². The van der Waals surface area contributed by atoms with E-state index in [-0.39, 0.29) is 6.01 Å². The standard InChI is InChI=1S/C6H10N4O2/c1-11-5-3-4(10-7)8-6(9-5)12-2/h3H,7H2,1-2H3,(H,8,9,10). The molecule has 0 bridgehead atoms. The second-order valence-corrected chi connectivity index (χ2v) is 1.93. The van der Waals surface area contributed by atoms with Gasteiger partial charge in [-0.05, 0) is 0 Å². The van der Waals surface area contributed by atoms with Crippen molar-refractivity contribution in [1.29, 1.82) is 0 Å². The highest BCUT2D eigenvalue weighted by molar-refractivity contribution is 5.37. The van der Waals surface area contributed by atoms with Crippen LogP contribution in [0.25, 0.3) is 0 Å². The van der Waals surface area contributed by atoms with Crippen LogP contribution in [0, 0.1) is 0 Å². The summed E-state index contributed by atoms with van der Waals surface area (Å²) >= 11 is 0. The van der Waals surface area contributed by atoms with Crippen molar-refractivity contribution in [3.05, 3.63) is 6.07 Å². The molecule has 0 unspecified atom stereocenters. The highest BCUT2D eigenvalue weighted by Crippen LogP contribution is 2.15. The first kappa shape index (κ1) is 8.54. The van der Waals surface area contributed by atoms with E-state index < -0.39 is 0 Å². The summed E-state index contributed by atoms with van der Waals surface area (Å²) in [6, 6.07) is 1.77. The van der Waals surface area contributed by atoms with Gasteiger partial charge >= 0.3 is 6.01 Å². The number of hydrazine groups is 1. The summed E-state index contributed by atoms with van der Waals surface area (Å²) in [5, 5.41) is 0. The van der Waals surface area contributed by atoms with Crippen LogP contribution < -0.4 is 20.7 Å². The van der Waals surface area contributed by atoms with Crippen molar-refractivity contribution in [3.8, 4) is 11.9 Å². The Morgan fingerprint density at radius 3 is 2.58 bits per heavy atom. The van der Waals surface area contributed by atoms with Gasteiger partial charge in [0.1, 0.15) is 0 Å². The molecule has 12 heavy (non-hydrogen) atoms. The number of aromatic nitrogens is 2. The summed E-state index contributed by atoms with van der Waals surface area (Å²) in [6.45, 7) is 0. The monoisotopic (exact) mass is 170 g/mol. The maximum absolute atomic E-state index is 5.15. The van der Waals surface area contributed by atoms with Gasteiger partial charge in [-0.3, -0.25) is 0 Å². The predicted molar refractivity (Wildman–Crippen MR) is 42.9 cm³/mol.